The number of benzene rings is 1. The number of nitrogens with two attached hydrogens (primary N) is 1. The van der Waals surface area contributed by atoms with E-state index >= 15 is 0 Å². The first-order valence-electron chi connectivity index (χ1n) is 8.18. The SMILES string of the molecule is CCC(C(=O)N1CCCC(N)C1)n1nnc(-c2ccc(Cl)cc2)n1. The summed E-state index contributed by atoms with van der Waals surface area (Å²) in [5, 5.41) is 13.2. The molecule has 0 aliphatic carbocycles. The van der Waals surface area contributed by atoms with Crippen molar-refractivity contribution in [1.29, 1.82) is 0 Å². The summed E-state index contributed by atoms with van der Waals surface area (Å²) in [4.78, 5) is 16.0. The number of halogens is 1. The van der Waals surface area contributed by atoms with Gasteiger partial charge in [-0.1, -0.05) is 18.5 Å². The number of hydrogen-bond acceptors (Lipinski definition) is 5. The average molecular weight is 349 g/mol. The van der Waals surface area contributed by atoms with E-state index in [1.807, 2.05) is 24.0 Å². The summed E-state index contributed by atoms with van der Waals surface area (Å²) in [6.07, 6.45) is 2.49. The van der Waals surface area contributed by atoms with Gasteiger partial charge in [-0.15, -0.1) is 10.2 Å². The van der Waals surface area contributed by atoms with Crippen LogP contribution in [-0.2, 0) is 4.79 Å². The molecule has 8 heteroatoms. The van der Waals surface area contributed by atoms with E-state index in [1.54, 1.807) is 12.1 Å². The molecule has 2 aromatic rings. The largest absolute Gasteiger partial charge is 0.339 e. The number of tetrazole rings is 1. The molecular formula is C16H21ClN6O. The van der Waals surface area contributed by atoms with Crippen LogP contribution in [0, 0.1) is 0 Å². The highest BCUT2D eigenvalue weighted by atomic mass is 35.5. The van der Waals surface area contributed by atoms with Crippen molar-refractivity contribution in [3.8, 4) is 11.4 Å². The average Bonchev–Trinajstić information content (AvgIpc) is 3.06. The minimum Gasteiger partial charge on any atom is -0.339 e. The normalized spacial score (nSPS) is 19.3. The molecule has 3 rings (SSSR count). The molecule has 2 heterocycles. The first-order chi connectivity index (χ1) is 11.6. The molecule has 2 unspecified atom stereocenters. The zero-order chi connectivity index (χ0) is 17.1. The Morgan fingerprint density at radius 2 is 2.17 bits per heavy atom. The summed E-state index contributed by atoms with van der Waals surface area (Å²) in [5.74, 6) is 0.487. The quantitative estimate of drug-likeness (QED) is 0.911. The molecule has 7 nitrogen and oxygen atoms in total. The third kappa shape index (κ3) is 3.57. The maximum atomic E-state index is 12.8. The number of carbonyl (C=O) groups excluding carboxylic acids is 1. The molecule has 24 heavy (non-hydrogen) atoms. The van der Waals surface area contributed by atoms with Gasteiger partial charge < -0.3 is 10.6 Å². The van der Waals surface area contributed by atoms with Crippen LogP contribution in [-0.4, -0.2) is 50.1 Å². The number of nitrogens with zero attached hydrogens (tertiary/aromatic N) is 5. The molecule has 2 atom stereocenters. The van der Waals surface area contributed by atoms with Crippen molar-refractivity contribution in [3.05, 3.63) is 29.3 Å². The van der Waals surface area contributed by atoms with Crippen LogP contribution in [0.1, 0.15) is 32.2 Å². The molecule has 0 radical (unpaired) electrons. The monoisotopic (exact) mass is 348 g/mol. The maximum absolute atomic E-state index is 12.8. The van der Waals surface area contributed by atoms with Gasteiger partial charge in [-0.3, -0.25) is 4.79 Å². The van der Waals surface area contributed by atoms with Crippen LogP contribution in [0.2, 0.25) is 5.02 Å². The number of likely N-dealkylation sites (tertiary alicyclic amines) is 1. The number of carbonyl (C=O) groups is 1. The Bertz CT molecular complexity index is 701. The van der Waals surface area contributed by atoms with Gasteiger partial charge in [0.2, 0.25) is 11.7 Å². The van der Waals surface area contributed by atoms with E-state index in [-0.39, 0.29) is 11.9 Å². The second-order valence-corrected chi connectivity index (χ2v) is 6.49. The van der Waals surface area contributed by atoms with Crippen molar-refractivity contribution < 1.29 is 4.79 Å². The lowest BCUT2D eigenvalue weighted by molar-refractivity contribution is -0.136. The molecule has 0 spiro atoms. The van der Waals surface area contributed by atoms with E-state index in [2.05, 4.69) is 15.4 Å². The second kappa shape index (κ2) is 7.27. The molecule has 0 bridgehead atoms. The number of rotatable bonds is 4. The fourth-order valence-corrected chi connectivity index (χ4v) is 3.06. The lowest BCUT2D eigenvalue weighted by Crippen LogP contribution is -2.48. The van der Waals surface area contributed by atoms with Crippen LogP contribution in [0.25, 0.3) is 11.4 Å². The van der Waals surface area contributed by atoms with E-state index < -0.39 is 6.04 Å². The van der Waals surface area contributed by atoms with Crippen molar-refractivity contribution in [1.82, 2.24) is 25.1 Å². The lowest BCUT2D eigenvalue weighted by Gasteiger charge is -2.32. The molecule has 2 N–H and O–H groups in total. The van der Waals surface area contributed by atoms with E-state index in [0.717, 1.165) is 24.9 Å². The van der Waals surface area contributed by atoms with Crippen molar-refractivity contribution in [2.24, 2.45) is 5.73 Å². The van der Waals surface area contributed by atoms with Crippen LogP contribution in [0.3, 0.4) is 0 Å². The van der Waals surface area contributed by atoms with Crippen LogP contribution in [0.5, 0.6) is 0 Å². The number of piperidine rings is 1. The standard InChI is InChI=1S/C16H21ClN6O/c1-2-14(16(24)22-9-3-4-13(18)10-22)23-20-15(19-21-23)11-5-7-12(17)8-6-11/h5-8,13-14H,2-4,9-10,18H2,1H3. The van der Waals surface area contributed by atoms with E-state index in [9.17, 15) is 4.79 Å². The van der Waals surface area contributed by atoms with Gasteiger partial charge in [0.25, 0.3) is 0 Å². The van der Waals surface area contributed by atoms with Gasteiger partial charge in [0.15, 0.2) is 6.04 Å². The summed E-state index contributed by atoms with van der Waals surface area (Å²) >= 11 is 5.89. The van der Waals surface area contributed by atoms with Gasteiger partial charge in [-0.05, 0) is 48.7 Å². The number of aromatic nitrogens is 4. The first kappa shape index (κ1) is 16.9. The Morgan fingerprint density at radius 1 is 1.42 bits per heavy atom. The molecule has 1 aliphatic heterocycles. The minimum atomic E-state index is -0.455. The van der Waals surface area contributed by atoms with Gasteiger partial charge in [0, 0.05) is 29.7 Å². The molecular weight excluding hydrogens is 328 g/mol. The number of hydrogen-bond donors (Lipinski definition) is 1. The Balaban J connectivity index is 1.78. The van der Waals surface area contributed by atoms with Gasteiger partial charge in [-0.2, -0.15) is 4.80 Å². The minimum absolute atomic E-state index is 0.00714. The topological polar surface area (TPSA) is 89.9 Å². The van der Waals surface area contributed by atoms with Gasteiger partial charge >= 0.3 is 0 Å². The van der Waals surface area contributed by atoms with E-state index in [1.165, 1.54) is 4.80 Å². The van der Waals surface area contributed by atoms with Crippen LogP contribution in [0.4, 0.5) is 0 Å². The molecule has 1 aliphatic rings. The maximum Gasteiger partial charge on any atom is 0.249 e. The zero-order valence-corrected chi connectivity index (χ0v) is 14.4. The summed E-state index contributed by atoms with van der Waals surface area (Å²) in [6, 6.07) is 6.80. The molecule has 1 fully saturated rings. The summed E-state index contributed by atoms with van der Waals surface area (Å²) in [6.45, 7) is 3.27. The molecule has 1 saturated heterocycles. The van der Waals surface area contributed by atoms with E-state index in [4.69, 9.17) is 17.3 Å². The lowest BCUT2D eigenvalue weighted by atomic mass is 10.1. The Kier molecular flexibility index (Phi) is 5.11. The highest BCUT2D eigenvalue weighted by Gasteiger charge is 2.29. The third-order valence-corrected chi connectivity index (χ3v) is 4.50. The fraction of sp³-hybridized carbons (Fsp3) is 0.500. The second-order valence-electron chi connectivity index (χ2n) is 6.05. The smallest absolute Gasteiger partial charge is 0.249 e. The van der Waals surface area contributed by atoms with Crippen LogP contribution < -0.4 is 5.73 Å². The molecule has 1 aromatic carbocycles. The van der Waals surface area contributed by atoms with Crippen LogP contribution in [0.15, 0.2) is 24.3 Å². The third-order valence-electron chi connectivity index (χ3n) is 4.25. The van der Waals surface area contributed by atoms with Gasteiger partial charge in [0.05, 0.1) is 0 Å². The van der Waals surface area contributed by atoms with Crippen molar-refractivity contribution in [3.63, 3.8) is 0 Å². The first-order valence-corrected chi connectivity index (χ1v) is 8.56. The summed E-state index contributed by atoms with van der Waals surface area (Å²) in [5.41, 5.74) is 6.79. The predicted molar refractivity (Wildman–Crippen MR) is 91.4 cm³/mol. The molecule has 128 valence electrons. The Morgan fingerprint density at radius 3 is 2.83 bits per heavy atom. The highest BCUT2D eigenvalue weighted by molar-refractivity contribution is 6.30. The van der Waals surface area contributed by atoms with Crippen molar-refractivity contribution in [2.75, 3.05) is 13.1 Å². The van der Waals surface area contributed by atoms with E-state index in [0.29, 0.717) is 23.8 Å². The predicted octanol–water partition coefficient (Wildman–Crippen LogP) is 1.89. The Labute approximate surface area is 145 Å². The fourth-order valence-electron chi connectivity index (χ4n) is 2.93. The van der Waals surface area contributed by atoms with Gasteiger partial charge in [-0.25, -0.2) is 0 Å². The van der Waals surface area contributed by atoms with Crippen LogP contribution >= 0.6 is 11.6 Å². The number of amides is 1. The zero-order valence-electron chi connectivity index (χ0n) is 13.6. The summed E-state index contributed by atoms with van der Waals surface area (Å²) < 4.78 is 0. The summed E-state index contributed by atoms with van der Waals surface area (Å²) in [7, 11) is 0. The molecule has 1 amide bonds. The highest BCUT2D eigenvalue weighted by Crippen LogP contribution is 2.20. The van der Waals surface area contributed by atoms with Crippen molar-refractivity contribution >= 4 is 17.5 Å². The Hall–Kier alpha value is -1.99. The molecule has 0 saturated carbocycles. The molecule has 1 aromatic heterocycles. The van der Waals surface area contributed by atoms with Crippen molar-refractivity contribution in [2.45, 2.75) is 38.3 Å². The van der Waals surface area contributed by atoms with Gasteiger partial charge in [0.1, 0.15) is 0 Å².